The summed E-state index contributed by atoms with van der Waals surface area (Å²) in [5.74, 6) is -0.685. The molecule has 0 aliphatic rings. The fourth-order valence-electron chi connectivity index (χ4n) is 1.14. The maximum absolute atomic E-state index is 11.4. The number of carbonyl (C=O) groups excluding carboxylic acids is 1. The molecule has 0 radical (unpaired) electrons. The number of thiophene rings is 1. The van der Waals surface area contributed by atoms with Crippen molar-refractivity contribution in [3.63, 3.8) is 0 Å². The number of carbonyl (C=O) groups is 1. The second-order valence-corrected chi connectivity index (χ2v) is 5.18. The van der Waals surface area contributed by atoms with E-state index in [1.807, 2.05) is 0 Å². The molecule has 0 aromatic carbocycles. The summed E-state index contributed by atoms with van der Waals surface area (Å²) in [5, 5.41) is 0. The van der Waals surface area contributed by atoms with Crippen LogP contribution in [0.2, 0.25) is 0 Å². The van der Waals surface area contributed by atoms with E-state index in [1.165, 1.54) is 24.5 Å². The summed E-state index contributed by atoms with van der Waals surface area (Å²) < 4.78 is 11.0. The molecular formula is C9H5BrO4S. The Balaban J connectivity index is 2.71. The number of halogens is 1. The third kappa shape index (κ3) is 1.82. The average Bonchev–Trinajstić information content (AvgIpc) is 2.55. The van der Waals surface area contributed by atoms with Crippen LogP contribution in [0.15, 0.2) is 25.1 Å². The van der Waals surface area contributed by atoms with Gasteiger partial charge < -0.3 is 9.15 Å². The van der Waals surface area contributed by atoms with Gasteiger partial charge in [0.1, 0.15) is 11.1 Å². The van der Waals surface area contributed by atoms with Crippen molar-refractivity contribution in [2.75, 3.05) is 7.11 Å². The molecule has 0 aliphatic carbocycles. The smallest absolute Gasteiger partial charge is 0.351 e. The highest BCUT2D eigenvalue weighted by Gasteiger charge is 2.15. The molecule has 0 bridgehead atoms. The van der Waals surface area contributed by atoms with E-state index in [2.05, 4.69) is 20.7 Å². The molecule has 2 rings (SSSR count). The minimum Gasteiger partial charge on any atom is -0.465 e. The molecule has 0 fully saturated rings. The van der Waals surface area contributed by atoms with Gasteiger partial charge in [0.2, 0.25) is 0 Å². The van der Waals surface area contributed by atoms with Crippen LogP contribution in [0.1, 0.15) is 10.4 Å². The molecule has 6 heteroatoms. The molecule has 0 saturated heterocycles. The highest BCUT2D eigenvalue weighted by molar-refractivity contribution is 9.11. The molecule has 15 heavy (non-hydrogen) atoms. The SMILES string of the molecule is COC(=O)c1cc2sc(Br)cc2oc1=O. The van der Waals surface area contributed by atoms with Gasteiger partial charge in [-0.2, -0.15) is 0 Å². The van der Waals surface area contributed by atoms with Crippen LogP contribution in [-0.2, 0) is 4.74 Å². The number of esters is 1. The molecule has 0 spiro atoms. The van der Waals surface area contributed by atoms with Gasteiger partial charge in [0, 0.05) is 6.07 Å². The van der Waals surface area contributed by atoms with Gasteiger partial charge in [0.25, 0.3) is 0 Å². The first-order valence-corrected chi connectivity index (χ1v) is 5.54. The topological polar surface area (TPSA) is 56.5 Å². The lowest BCUT2D eigenvalue weighted by molar-refractivity contribution is 0.0596. The van der Waals surface area contributed by atoms with E-state index in [9.17, 15) is 9.59 Å². The summed E-state index contributed by atoms with van der Waals surface area (Å²) in [7, 11) is 1.22. The lowest BCUT2D eigenvalue weighted by Crippen LogP contribution is -2.14. The minimum atomic E-state index is -0.685. The molecule has 0 saturated carbocycles. The number of ether oxygens (including phenoxy) is 1. The van der Waals surface area contributed by atoms with Crippen molar-refractivity contribution in [1.82, 2.24) is 0 Å². The van der Waals surface area contributed by atoms with Gasteiger partial charge in [-0.15, -0.1) is 11.3 Å². The summed E-state index contributed by atoms with van der Waals surface area (Å²) in [6.45, 7) is 0. The summed E-state index contributed by atoms with van der Waals surface area (Å²) >= 11 is 4.65. The quantitative estimate of drug-likeness (QED) is 0.756. The predicted octanol–water partition coefficient (Wildman–Crippen LogP) is 2.40. The Hall–Kier alpha value is -1.14. The largest absolute Gasteiger partial charge is 0.465 e. The van der Waals surface area contributed by atoms with Crippen molar-refractivity contribution in [2.45, 2.75) is 0 Å². The molecule has 78 valence electrons. The van der Waals surface area contributed by atoms with Gasteiger partial charge >= 0.3 is 11.6 Å². The first-order valence-electron chi connectivity index (χ1n) is 3.93. The van der Waals surface area contributed by atoms with Crippen LogP contribution in [0.5, 0.6) is 0 Å². The Morgan fingerprint density at radius 3 is 2.93 bits per heavy atom. The van der Waals surface area contributed by atoms with Gasteiger partial charge in [-0.3, -0.25) is 0 Å². The average molecular weight is 289 g/mol. The van der Waals surface area contributed by atoms with E-state index in [4.69, 9.17) is 4.42 Å². The maximum atomic E-state index is 11.4. The van der Waals surface area contributed by atoms with E-state index < -0.39 is 11.6 Å². The van der Waals surface area contributed by atoms with Crippen LogP contribution in [0, 0.1) is 0 Å². The molecule has 0 amide bonds. The van der Waals surface area contributed by atoms with Crippen LogP contribution in [0.25, 0.3) is 10.3 Å². The van der Waals surface area contributed by atoms with Gasteiger partial charge in [-0.05, 0) is 22.0 Å². The standard InChI is InChI=1S/C9H5BrO4S/c1-13-8(11)4-2-6-5(14-9(4)12)3-7(10)15-6/h2-3H,1H3. The summed E-state index contributed by atoms with van der Waals surface area (Å²) in [6, 6.07) is 3.16. The third-order valence-corrected chi connectivity index (χ3v) is 3.36. The fourth-order valence-corrected chi connectivity index (χ4v) is 2.62. The molecule has 0 atom stereocenters. The normalized spacial score (nSPS) is 10.5. The predicted molar refractivity (Wildman–Crippen MR) is 59.4 cm³/mol. The zero-order chi connectivity index (χ0) is 11.0. The molecular weight excluding hydrogens is 284 g/mol. The molecule has 2 aromatic heterocycles. The first-order chi connectivity index (χ1) is 7.11. The maximum Gasteiger partial charge on any atom is 0.351 e. The zero-order valence-electron chi connectivity index (χ0n) is 7.57. The van der Waals surface area contributed by atoms with Crippen molar-refractivity contribution in [1.29, 1.82) is 0 Å². The lowest BCUT2D eigenvalue weighted by Gasteiger charge is -1.96. The van der Waals surface area contributed by atoms with Crippen LogP contribution in [0.3, 0.4) is 0 Å². The van der Waals surface area contributed by atoms with Gasteiger partial charge in [0.05, 0.1) is 15.6 Å². The number of rotatable bonds is 1. The van der Waals surface area contributed by atoms with E-state index in [0.29, 0.717) is 5.58 Å². The van der Waals surface area contributed by atoms with E-state index >= 15 is 0 Å². The third-order valence-electron chi connectivity index (χ3n) is 1.80. The molecule has 0 N–H and O–H groups in total. The molecule has 2 heterocycles. The van der Waals surface area contributed by atoms with Crippen molar-refractivity contribution >= 4 is 43.5 Å². The van der Waals surface area contributed by atoms with Crippen LogP contribution < -0.4 is 5.63 Å². The fraction of sp³-hybridized carbons (Fsp3) is 0.111. The molecule has 4 nitrogen and oxygen atoms in total. The summed E-state index contributed by atoms with van der Waals surface area (Å²) in [5.41, 5.74) is -0.302. The minimum absolute atomic E-state index is 0.0839. The second-order valence-electron chi connectivity index (χ2n) is 2.72. The molecule has 0 unspecified atom stereocenters. The monoisotopic (exact) mass is 288 g/mol. The second kappa shape index (κ2) is 3.79. The Kier molecular flexibility index (Phi) is 2.62. The van der Waals surface area contributed by atoms with Gasteiger partial charge in [0.15, 0.2) is 0 Å². The Morgan fingerprint density at radius 1 is 1.53 bits per heavy atom. The van der Waals surface area contributed by atoms with E-state index in [0.717, 1.165) is 8.49 Å². The Morgan fingerprint density at radius 2 is 2.27 bits per heavy atom. The van der Waals surface area contributed by atoms with E-state index in [-0.39, 0.29) is 5.56 Å². The van der Waals surface area contributed by atoms with Crippen molar-refractivity contribution in [2.24, 2.45) is 0 Å². The van der Waals surface area contributed by atoms with Crippen LogP contribution in [0.4, 0.5) is 0 Å². The molecule has 0 aliphatic heterocycles. The van der Waals surface area contributed by atoms with Crippen molar-refractivity contribution in [3.05, 3.63) is 31.9 Å². The number of fused-ring (bicyclic) bond motifs is 1. The van der Waals surface area contributed by atoms with Gasteiger partial charge in [-0.1, -0.05) is 0 Å². The number of methoxy groups -OCH3 is 1. The van der Waals surface area contributed by atoms with Crippen molar-refractivity contribution in [3.8, 4) is 0 Å². The lowest BCUT2D eigenvalue weighted by atomic mass is 10.3. The first kappa shape index (κ1) is 10.4. The summed E-state index contributed by atoms with van der Waals surface area (Å²) in [4.78, 5) is 22.6. The van der Waals surface area contributed by atoms with Crippen LogP contribution >= 0.6 is 27.3 Å². The van der Waals surface area contributed by atoms with E-state index in [1.54, 1.807) is 6.07 Å². The van der Waals surface area contributed by atoms with Gasteiger partial charge in [-0.25, -0.2) is 9.59 Å². The van der Waals surface area contributed by atoms with Crippen molar-refractivity contribution < 1.29 is 13.9 Å². The van der Waals surface area contributed by atoms with Crippen LogP contribution in [-0.4, -0.2) is 13.1 Å². The highest BCUT2D eigenvalue weighted by Crippen LogP contribution is 2.29. The summed E-state index contributed by atoms with van der Waals surface area (Å²) in [6.07, 6.45) is 0. The number of hydrogen-bond donors (Lipinski definition) is 0. The number of hydrogen-bond acceptors (Lipinski definition) is 5. The highest BCUT2D eigenvalue weighted by atomic mass is 79.9. The Labute approximate surface area is 96.6 Å². The molecule has 2 aromatic rings. The Bertz CT molecular complexity index is 583. The zero-order valence-corrected chi connectivity index (χ0v) is 9.98.